The van der Waals surface area contributed by atoms with Crippen molar-refractivity contribution in [1.82, 2.24) is 15.5 Å². The van der Waals surface area contributed by atoms with Gasteiger partial charge in [-0.2, -0.15) is 0 Å². The number of carbonyl (C=O) groups is 2. The minimum atomic E-state index is -0.287. The second kappa shape index (κ2) is 8.05. The highest BCUT2D eigenvalue weighted by Gasteiger charge is 2.21. The molecular weight excluding hydrogens is 232 g/mol. The molecule has 104 valence electrons. The van der Waals surface area contributed by atoms with Gasteiger partial charge in [0.05, 0.1) is 6.54 Å². The molecule has 0 aromatic carbocycles. The summed E-state index contributed by atoms with van der Waals surface area (Å²) in [6, 6.07) is 0.246. The fourth-order valence-electron chi connectivity index (χ4n) is 2.18. The Hall–Kier alpha value is -1.14. The second-order valence-electron chi connectivity index (χ2n) is 4.79. The van der Waals surface area contributed by atoms with Crippen molar-refractivity contribution in [2.24, 2.45) is 5.73 Å². The van der Waals surface area contributed by atoms with Crippen molar-refractivity contribution < 1.29 is 9.59 Å². The van der Waals surface area contributed by atoms with E-state index in [9.17, 15) is 9.59 Å². The van der Waals surface area contributed by atoms with Gasteiger partial charge in [0.15, 0.2) is 0 Å². The number of hydrogen-bond acceptors (Lipinski definition) is 4. The first-order chi connectivity index (χ1) is 8.61. The number of hydrogen-bond donors (Lipinski definition) is 3. The van der Waals surface area contributed by atoms with Gasteiger partial charge < -0.3 is 16.4 Å². The summed E-state index contributed by atoms with van der Waals surface area (Å²) in [6.07, 6.45) is 3.22. The summed E-state index contributed by atoms with van der Waals surface area (Å²) in [5.41, 5.74) is 5.15. The molecule has 0 spiro atoms. The Kier molecular flexibility index (Phi) is 6.67. The molecule has 1 saturated heterocycles. The zero-order valence-electron chi connectivity index (χ0n) is 11.1. The lowest BCUT2D eigenvalue weighted by molar-refractivity contribution is -0.123. The molecule has 2 amide bonds. The summed E-state index contributed by atoms with van der Waals surface area (Å²) in [4.78, 5) is 24.4. The molecule has 0 radical (unpaired) electrons. The number of nitrogens with one attached hydrogen (secondary N) is 2. The van der Waals surface area contributed by atoms with Crippen molar-refractivity contribution in [3.05, 3.63) is 0 Å². The summed E-state index contributed by atoms with van der Waals surface area (Å²) in [7, 11) is 1.88. The fraction of sp³-hybridized carbons (Fsp3) is 0.833. The fourth-order valence-corrected chi connectivity index (χ4v) is 2.18. The smallest absolute Gasteiger partial charge is 0.231 e. The number of rotatable bonds is 7. The van der Waals surface area contributed by atoms with E-state index in [0.717, 1.165) is 38.9 Å². The van der Waals surface area contributed by atoms with Crippen LogP contribution in [0.3, 0.4) is 0 Å². The van der Waals surface area contributed by atoms with E-state index in [0.29, 0.717) is 13.0 Å². The summed E-state index contributed by atoms with van der Waals surface area (Å²) in [6.45, 7) is 2.84. The predicted molar refractivity (Wildman–Crippen MR) is 70.0 cm³/mol. The van der Waals surface area contributed by atoms with Gasteiger partial charge in [-0.25, -0.2) is 0 Å². The third-order valence-corrected chi connectivity index (χ3v) is 3.16. The van der Waals surface area contributed by atoms with Crippen LogP contribution < -0.4 is 16.4 Å². The SMILES string of the molecule is CNCCCC(=O)NC1CCN(CC(N)=O)CC1. The first kappa shape index (κ1) is 14.9. The van der Waals surface area contributed by atoms with E-state index in [4.69, 9.17) is 5.73 Å². The Morgan fingerprint density at radius 2 is 2.00 bits per heavy atom. The standard InChI is InChI=1S/C12H24N4O2/c1-14-6-2-3-12(18)15-10-4-7-16(8-5-10)9-11(13)17/h10,14H,2-9H2,1H3,(H2,13,17)(H,15,18). The average molecular weight is 256 g/mol. The number of piperidine rings is 1. The highest BCUT2D eigenvalue weighted by atomic mass is 16.2. The summed E-state index contributed by atoms with van der Waals surface area (Å²) >= 11 is 0. The molecule has 0 aromatic rings. The number of amides is 2. The molecule has 1 heterocycles. The lowest BCUT2D eigenvalue weighted by Gasteiger charge is -2.31. The molecule has 6 nitrogen and oxygen atoms in total. The highest BCUT2D eigenvalue weighted by Crippen LogP contribution is 2.10. The van der Waals surface area contributed by atoms with Crippen LogP contribution in [0.1, 0.15) is 25.7 Å². The Bertz CT molecular complexity index is 275. The molecule has 1 aliphatic heterocycles. The monoisotopic (exact) mass is 256 g/mol. The van der Waals surface area contributed by atoms with Crippen LogP contribution in [0.4, 0.5) is 0 Å². The Labute approximate surface area is 108 Å². The molecular formula is C12H24N4O2. The van der Waals surface area contributed by atoms with E-state index in [1.807, 2.05) is 11.9 Å². The number of likely N-dealkylation sites (tertiary alicyclic amines) is 1. The van der Waals surface area contributed by atoms with Gasteiger partial charge in [-0.15, -0.1) is 0 Å². The molecule has 0 unspecified atom stereocenters. The van der Waals surface area contributed by atoms with E-state index in [1.54, 1.807) is 0 Å². The third kappa shape index (κ3) is 5.97. The van der Waals surface area contributed by atoms with Crippen LogP contribution >= 0.6 is 0 Å². The summed E-state index contributed by atoms with van der Waals surface area (Å²) in [5.74, 6) is -0.164. The molecule has 4 N–H and O–H groups in total. The van der Waals surface area contributed by atoms with Crippen LogP contribution in [0.15, 0.2) is 0 Å². The lowest BCUT2D eigenvalue weighted by atomic mass is 10.0. The topological polar surface area (TPSA) is 87.5 Å². The minimum absolute atomic E-state index is 0.124. The van der Waals surface area contributed by atoms with Crippen LogP contribution in [-0.4, -0.2) is 56.0 Å². The number of nitrogens with zero attached hydrogens (tertiary/aromatic N) is 1. The van der Waals surface area contributed by atoms with Crippen LogP contribution in [0.25, 0.3) is 0 Å². The molecule has 0 aromatic heterocycles. The van der Waals surface area contributed by atoms with Gasteiger partial charge in [0.25, 0.3) is 0 Å². The van der Waals surface area contributed by atoms with Gasteiger partial charge in [-0.05, 0) is 32.9 Å². The molecule has 18 heavy (non-hydrogen) atoms. The van der Waals surface area contributed by atoms with Crippen molar-refractivity contribution in [2.45, 2.75) is 31.7 Å². The third-order valence-electron chi connectivity index (χ3n) is 3.16. The lowest BCUT2D eigenvalue weighted by Crippen LogP contribution is -2.46. The van der Waals surface area contributed by atoms with Crippen molar-refractivity contribution in [2.75, 3.05) is 33.2 Å². The Morgan fingerprint density at radius 1 is 1.33 bits per heavy atom. The molecule has 1 fully saturated rings. The van der Waals surface area contributed by atoms with Gasteiger partial charge in [-0.3, -0.25) is 14.5 Å². The number of carbonyl (C=O) groups excluding carboxylic acids is 2. The van der Waals surface area contributed by atoms with E-state index in [2.05, 4.69) is 10.6 Å². The second-order valence-corrected chi connectivity index (χ2v) is 4.79. The van der Waals surface area contributed by atoms with Crippen molar-refractivity contribution in [3.63, 3.8) is 0 Å². The van der Waals surface area contributed by atoms with E-state index < -0.39 is 0 Å². The van der Waals surface area contributed by atoms with Gasteiger partial charge in [0.1, 0.15) is 0 Å². The van der Waals surface area contributed by atoms with Gasteiger partial charge in [-0.1, -0.05) is 0 Å². The Balaban J connectivity index is 2.14. The molecule has 1 aliphatic rings. The van der Waals surface area contributed by atoms with Crippen LogP contribution in [0.2, 0.25) is 0 Å². The van der Waals surface area contributed by atoms with Gasteiger partial charge >= 0.3 is 0 Å². The number of primary amides is 1. The van der Waals surface area contributed by atoms with Crippen LogP contribution in [0.5, 0.6) is 0 Å². The minimum Gasteiger partial charge on any atom is -0.369 e. The average Bonchev–Trinajstić information content (AvgIpc) is 2.31. The summed E-state index contributed by atoms with van der Waals surface area (Å²) in [5, 5.41) is 6.06. The highest BCUT2D eigenvalue weighted by molar-refractivity contribution is 5.76. The maximum Gasteiger partial charge on any atom is 0.231 e. The van der Waals surface area contributed by atoms with Crippen molar-refractivity contribution in [3.8, 4) is 0 Å². The largest absolute Gasteiger partial charge is 0.369 e. The van der Waals surface area contributed by atoms with Gasteiger partial charge in [0.2, 0.25) is 11.8 Å². The van der Waals surface area contributed by atoms with Crippen LogP contribution in [0, 0.1) is 0 Å². The first-order valence-corrected chi connectivity index (χ1v) is 6.56. The van der Waals surface area contributed by atoms with Crippen molar-refractivity contribution >= 4 is 11.8 Å². The molecule has 0 aliphatic carbocycles. The van der Waals surface area contributed by atoms with E-state index in [1.165, 1.54) is 0 Å². The molecule has 6 heteroatoms. The zero-order chi connectivity index (χ0) is 13.4. The predicted octanol–water partition coefficient (Wildman–Crippen LogP) is -0.948. The molecule has 0 saturated carbocycles. The van der Waals surface area contributed by atoms with Crippen LogP contribution in [-0.2, 0) is 9.59 Å². The van der Waals surface area contributed by atoms with E-state index >= 15 is 0 Å². The quantitative estimate of drug-likeness (QED) is 0.513. The first-order valence-electron chi connectivity index (χ1n) is 6.56. The van der Waals surface area contributed by atoms with Crippen molar-refractivity contribution in [1.29, 1.82) is 0 Å². The normalized spacial score (nSPS) is 17.6. The molecule has 1 rings (SSSR count). The zero-order valence-corrected chi connectivity index (χ0v) is 11.1. The maximum atomic E-state index is 11.6. The Morgan fingerprint density at radius 3 is 2.56 bits per heavy atom. The van der Waals surface area contributed by atoms with Gasteiger partial charge in [0, 0.05) is 25.6 Å². The molecule has 0 bridgehead atoms. The van der Waals surface area contributed by atoms with E-state index in [-0.39, 0.29) is 17.9 Å². The molecule has 0 atom stereocenters. The number of nitrogens with two attached hydrogens (primary N) is 1. The summed E-state index contributed by atoms with van der Waals surface area (Å²) < 4.78 is 0. The maximum absolute atomic E-state index is 11.6.